The van der Waals surface area contributed by atoms with Crippen molar-refractivity contribution in [1.82, 2.24) is 30.5 Å². The molecule has 15 nitrogen and oxygen atoms in total. The summed E-state index contributed by atoms with van der Waals surface area (Å²) in [5, 5.41) is 8.74. The van der Waals surface area contributed by atoms with Crippen LogP contribution in [0.25, 0.3) is 0 Å². The van der Waals surface area contributed by atoms with Crippen LogP contribution in [-0.2, 0) is 49.9 Å². The van der Waals surface area contributed by atoms with Crippen LogP contribution < -0.4 is 20.7 Å². The van der Waals surface area contributed by atoms with Crippen molar-refractivity contribution in [3.63, 3.8) is 0 Å². The molecule has 58 heavy (non-hydrogen) atoms. The highest BCUT2D eigenvalue weighted by Crippen LogP contribution is 2.30. The first-order valence-electron chi connectivity index (χ1n) is 20.4. The minimum absolute atomic E-state index is 0.00324. The van der Waals surface area contributed by atoms with E-state index < -0.39 is 75.9 Å². The minimum Gasteiger partial charge on any atom is -0.379 e. The monoisotopic (exact) mass is 834 g/mol. The predicted molar refractivity (Wildman–Crippen MR) is 225 cm³/mol. The molecule has 1 aliphatic rings. The summed E-state index contributed by atoms with van der Waals surface area (Å²) in [6, 6.07) is 5.40. The Hall–Kier alpha value is -3.86. The molecule has 16 heteroatoms. The molecule has 0 bridgehead atoms. The zero-order valence-electron chi connectivity index (χ0n) is 36.4. The minimum atomic E-state index is -4.02. The Morgan fingerprint density at radius 1 is 0.931 bits per heavy atom. The van der Waals surface area contributed by atoms with E-state index in [0.717, 1.165) is 6.08 Å². The van der Waals surface area contributed by atoms with Crippen LogP contribution >= 0.6 is 0 Å². The maximum Gasteiger partial charge on any atom is 0.256 e. The molecule has 328 valence electrons. The van der Waals surface area contributed by atoms with Crippen molar-refractivity contribution < 1.29 is 41.9 Å². The first kappa shape index (κ1) is 50.3. The highest BCUT2D eigenvalue weighted by molar-refractivity contribution is 7.90. The Balaban J connectivity index is 2.33. The molecule has 0 saturated carbocycles. The van der Waals surface area contributed by atoms with Crippen LogP contribution in [0.2, 0.25) is 0 Å². The van der Waals surface area contributed by atoms with Gasteiger partial charge in [0, 0.05) is 34.2 Å². The maximum atomic E-state index is 14.3. The van der Waals surface area contributed by atoms with Crippen molar-refractivity contribution >= 4 is 39.6 Å². The van der Waals surface area contributed by atoms with Gasteiger partial charge in [0.2, 0.25) is 33.7 Å². The molecule has 0 radical (unpaired) electrons. The van der Waals surface area contributed by atoms with Crippen LogP contribution in [0.1, 0.15) is 79.7 Å². The van der Waals surface area contributed by atoms with Crippen LogP contribution in [0.4, 0.5) is 0 Å². The Bertz CT molecular complexity index is 1630. The average molecular weight is 835 g/mol. The highest BCUT2D eigenvalue weighted by atomic mass is 32.2. The molecule has 1 aliphatic heterocycles. The van der Waals surface area contributed by atoms with E-state index in [1.54, 1.807) is 61.2 Å². The number of carbonyl (C=O) groups excluding carboxylic acids is 5. The van der Waals surface area contributed by atoms with Crippen molar-refractivity contribution in [3.05, 3.63) is 48.6 Å². The number of nitrogens with zero attached hydrogens (tertiary/aromatic N) is 2. The van der Waals surface area contributed by atoms with Crippen LogP contribution in [0.15, 0.2) is 43.0 Å². The van der Waals surface area contributed by atoms with E-state index in [-0.39, 0.29) is 48.3 Å². The molecule has 0 aromatic heterocycles. The third-order valence-electron chi connectivity index (χ3n) is 11.3. The quantitative estimate of drug-likeness (QED) is 0.113. The molecule has 2 rings (SSSR count). The summed E-state index contributed by atoms with van der Waals surface area (Å²) >= 11 is 0. The van der Waals surface area contributed by atoms with Crippen molar-refractivity contribution in [2.75, 3.05) is 40.6 Å². The zero-order chi connectivity index (χ0) is 43.9. The first-order chi connectivity index (χ1) is 27.3. The van der Waals surface area contributed by atoms with Crippen molar-refractivity contribution in [2.24, 2.45) is 23.7 Å². The molecule has 0 unspecified atom stereocenters. The number of benzene rings is 1. The van der Waals surface area contributed by atoms with Gasteiger partial charge in [-0.2, -0.15) is 0 Å². The molecule has 1 saturated heterocycles. The molecular formula is C42H70N6O9S. The van der Waals surface area contributed by atoms with Gasteiger partial charge >= 0.3 is 0 Å². The predicted octanol–water partition coefficient (Wildman–Crippen LogP) is 2.65. The second-order valence-corrected chi connectivity index (χ2v) is 17.9. The van der Waals surface area contributed by atoms with Gasteiger partial charge in [0.25, 0.3) is 5.91 Å². The number of nitrogens with one attached hydrogen (secondary N) is 4. The molecule has 1 aromatic rings. The summed E-state index contributed by atoms with van der Waals surface area (Å²) in [5.74, 6) is -3.82. The SMILES string of the molecule is C=CCS(=O)(=O)NC(=O)[C@H](Cc1ccccc1)NC(=O)[C@H](C)[C@@H](OC)[C@@H]1CCCN1C(=O)C[C@@H](OC)[C@H]([C@@H](C)CC)N(C)C(=O)[C@@H](NC(=O)[C@@H](NC)C(C)C)C(C)C. The number of ether oxygens (including phenoxy) is 2. The standard InChI is InChI=1S/C42H70N6O9S/c1-13-23-58(54,55)46-40(51)31(24-30-19-16-15-17-20-30)44-39(50)29(8)38(57-12)32-21-18-22-48(32)34(49)25-33(56-11)37(28(7)14-2)47(10)42(53)36(27(5)6)45-41(52)35(43-9)26(3)4/h13,15-17,19-20,26-29,31-33,35-38,43H,1,14,18,21-25H2,2-12H3,(H,44,50)(H,45,52)(H,46,51)/t28-,29+,31-,32-,33+,35-,36-,37-,38+/m0/s1. The fourth-order valence-corrected chi connectivity index (χ4v) is 8.68. The summed E-state index contributed by atoms with van der Waals surface area (Å²) in [4.78, 5) is 72.1. The molecular weight excluding hydrogens is 765 g/mol. The van der Waals surface area contributed by atoms with E-state index in [0.29, 0.717) is 31.4 Å². The summed E-state index contributed by atoms with van der Waals surface area (Å²) in [6.45, 7) is 17.1. The van der Waals surface area contributed by atoms with Gasteiger partial charge in [0.15, 0.2) is 0 Å². The molecule has 4 N–H and O–H groups in total. The third-order valence-corrected chi connectivity index (χ3v) is 12.4. The largest absolute Gasteiger partial charge is 0.379 e. The molecule has 0 aliphatic carbocycles. The van der Waals surface area contributed by atoms with Crippen LogP contribution in [-0.4, -0.2) is 131 Å². The van der Waals surface area contributed by atoms with E-state index in [1.165, 1.54) is 14.2 Å². The number of hydrogen-bond acceptors (Lipinski definition) is 10. The first-order valence-corrected chi connectivity index (χ1v) is 22.0. The van der Waals surface area contributed by atoms with Gasteiger partial charge in [0.1, 0.15) is 12.1 Å². The van der Waals surface area contributed by atoms with Gasteiger partial charge in [0.05, 0.1) is 48.4 Å². The number of likely N-dealkylation sites (N-methyl/N-ethyl adjacent to an activating group) is 2. The molecule has 1 aromatic carbocycles. The Kier molecular flexibility index (Phi) is 20.5. The van der Waals surface area contributed by atoms with Gasteiger partial charge in [-0.15, -0.1) is 6.58 Å². The normalized spacial score (nSPS) is 18.6. The second kappa shape index (κ2) is 23.7. The number of rotatable bonds is 24. The lowest BCUT2D eigenvalue weighted by Crippen LogP contribution is -2.59. The Labute approximate surface area is 346 Å². The number of likely N-dealkylation sites (tertiary alicyclic amines) is 1. The number of carbonyl (C=O) groups is 5. The van der Waals surface area contributed by atoms with Gasteiger partial charge in [-0.25, -0.2) is 8.42 Å². The lowest BCUT2D eigenvalue weighted by atomic mass is 9.89. The fourth-order valence-electron chi connectivity index (χ4n) is 7.83. The smallest absolute Gasteiger partial charge is 0.256 e. The van der Waals surface area contributed by atoms with Gasteiger partial charge in [-0.3, -0.25) is 28.7 Å². The molecule has 9 atom stereocenters. The topological polar surface area (TPSA) is 193 Å². The van der Waals surface area contributed by atoms with Crippen LogP contribution in [0.5, 0.6) is 0 Å². The molecule has 1 heterocycles. The lowest BCUT2D eigenvalue weighted by Gasteiger charge is -2.41. The van der Waals surface area contributed by atoms with E-state index in [1.807, 2.05) is 46.3 Å². The number of sulfonamides is 1. The van der Waals surface area contributed by atoms with Gasteiger partial charge in [-0.1, -0.05) is 91.3 Å². The average Bonchev–Trinajstić information content (AvgIpc) is 3.66. The zero-order valence-corrected chi connectivity index (χ0v) is 37.3. The molecule has 1 fully saturated rings. The number of hydrogen-bond donors (Lipinski definition) is 4. The van der Waals surface area contributed by atoms with E-state index in [4.69, 9.17) is 9.47 Å². The van der Waals surface area contributed by atoms with Gasteiger partial charge in [-0.05, 0) is 43.2 Å². The Morgan fingerprint density at radius 2 is 1.55 bits per heavy atom. The molecule has 0 spiro atoms. The van der Waals surface area contributed by atoms with E-state index in [2.05, 4.69) is 22.5 Å². The third kappa shape index (κ3) is 13.9. The van der Waals surface area contributed by atoms with Gasteiger partial charge < -0.3 is 35.2 Å². The van der Waals surface area contributed by atoms with E-state index >= 15 is 0 Å². The van der Waals surface area contributed by atoms with E-state index in [9.17, 15) is 32.4 Å². The van der Waals surface area contributed by atoms with Crippen LogP contribution in [0.3, 0.4) is 0 Å². The summed E-state index contributed by atoms with van der Waals surface area (Å²) < 4.78 is 38.8. The highest BCUT2D eigenvalue weighted by Gasteiger charge is 2.43. The summed E-state index contributed by atoms with van der Waals surface area (Å²) in [5.41, 5.74) is 0.710. The number of amides is 5. The van der Waals surface area contributed by atoms with Crippen molar-refractivity contribution in [3.8, 4) is 0 Å². The second-order valence-electron chi connectivity index (χ2n) is 16.1. The van der Waals surface area contributed by atoms with Crippen molar-refractivity contribution in [2.45, 2.75) is 123 Å². The van der Waals surface area contributed by atoms with Crippen LogP contribution in [0, 0.1) is 23.7 Å². The fraction of sp³-hybridized carbons (Fsp3) is 0.690. The summed E-state index contributed by atoms with van der Waals surface area (Å²) in [7, 11) is 2.36. The summed E-state index contributed by atoms with van der Waals surface area (Å²) in [6.07, 6.45) is 1.59. The Morgan fingerprint density at radius 3 is 2.07 bits per heavy atom. The number of methoxy groups -OCH3 is 2. The lowest BCUT2D eigenvalue weighted by molar-refractivity contribution is -0.148. The maximum absolute atomic E-state index is 14.3. The molecule has 5 amide bonds. The van der Waals surface area contributed by atoms with Crippen molar-refractivity contribution in [1.29, 1.82) is 0 Å².